The van der Waals surface area contributed by atoms with E-state index in [1.165, 1.54) is 35.7 Å². The molecular weight excluding hydrogens is 412 g/mol. The highest BCUT2D eigenvalue weighted by molar-refractivity contribution is 5.73. The van der Waals surface area contributed by atoms with Gasteiger partial charge in [0.1, 0.15) is 11.6 Å². The van der Waals surface area contributed by atoms with E-state index in [2.05, 4.69) is 33.7 Å². The van der Waals surface area contributed by atoms with Gasteiger partial charge in [0.2, 0.25) is 5.91 Å². The predicted molar refractivity (Wildman–Crippen MR) is 121 cm³/mol. The molecule has 2 aromatic rings. The van der Waals surface area contributed by atoms with Crippen LogP contribution in [0.15, 0.2) is 36.4 Å². The summed E-state index contributed by atoms with van der Waals surface area (Å²) in [5.74, 6) is -1.66. The quantitative estimate of drug-likeness (QED) is 0.555. The number of aliphatic hydroxyl groups is 1. The van der Waals surface area contributed by atoms with Crippen LogP contribution in [-0.2, 0) is 24.2 Å². The van der Waals surface area contributed by atoms with Crippen LogP contribution in [0.25, 0.3) is 0 Å². The number of aliphatic hydroxyl groups excluding tert-OH is 1. The van der Waals surface area contributed by atoms with Gasteiger partial charge in [-0.2, -0.15) is 0 Å². The zero-order valence-corrected chi connectivity index (χ0v) is 19.0. The van der Waals surface area contributed by atoms with Crippen LogP contribution in [-0.4, -0.2) is 48.7 Å². The van der Waals surface area contributed by atoms with Crippen LogP contribution in [0, 0.1) is 11.6 Å². The maximum atomic E-state index is 13.6. The molecule has 0 bridgehead atoms. The van der Waals surface area contributed by atoms with E-state index in [-0.39, 0.29) is 24.9 Å². The van der Waals surface area contributed by atoms with E-state index >= 15 is 0 Å². The van der Waals surface area contributed by atoms with Crippen LogP contribution in [0.2, 0.25) is 0 Å². The fraction of sp³-hybridized carbons (Fsp3) is 0.480. The van der Waals surface area contributed by atoms with E-state index in [0.717, 1.165) is 31.9 Å². The van der Waals surface area contributed by atoms with Gasteiger partial charge in [-0.05, 0) is 74.2 Å². The Labute approximate surface area is 188 Å². The van der Waals surface area contributed by atoms with Gasteiger partial charge in [0.25, 0.3) is 0 Å². The van der Waals surface area contributed by atoms with Crippen molar-refractivity contribution in [2.75, 3.05) is 20.6 Å². The first-order valence-corrected chi connectivity index (χ1v) is 11.1. The third-order valence-corrected chi connectivity index (χ3v) is 5.83. The molecule has 0 radical (unpaired) electrons. The third-order valence-electron chi connectivity index (χ3n) is 5.83. The minimum atomic E-state index is -0.916. The molecule has 32 heavy (non-hydrogen) atoms. The second-order valence-corrected chi connectivity index (χ2v) is 8.98. The van der Waals surface area contributed by atoms with Crippen LogP contribution >= 0.6 is 0 Å². The Morgan fingerprint density at radius 1 is 1.16 bits per heavy atom. The molecule has 0 spiro atoms. The predicted octanol–water partition coefficient (Wildman–Crippen LogP) is 3.10. The summed E-state index contributed by atoms with van der Waals surface area (Å²) in [6.07, 6.45) is 2.28. The van der Waals surface area contributed by atoms with Gasteiger partial charge < -0.3 is 20.6 Å². The Bertz CT molecular complexity index is 915. The van der Waals surface area contributed by atoms with Gasteiger partial charge >= 0.3 is 0 Å². The number of fused-ring (bicyclic) bond motifs is 1. The number of halogens is 2. The molecule has 0 saturated carbocycles. The lowest BCUT2D eigenvalue weighted by Gasteiger charge is -2.30. The normalized spacial score (nSPS) is 17.7. The molecule has 3 atom stereocenters. The number of carbonyl (C=O) groups is 1. The number of benzene rings is 2. The van der Waals surface area contributed by atoms with Crippen molar-refractivity contribution >= 4 is 5.91 Å². The molecule has 5 nitrogen and oxygen atoms in total. The summed E-state index contributed by atoms with van der Waals surface area (Å²) in [6, 6.07) is 9.30. The highest BCUT2D eigenvalue weighted by Gasteiger charge is 2.25. The van der Waals surface area contributed by atoms with Crippen LogP contribution in [0.3, 0.4) is 0 Å². The SMILES string of the molecule is CC(=O)NC(Cc1cc(F)cc(F)c1)C(O)CNC1CCCc2ccc(CN(C)C)cc21. The van der Waals surface area contributed by atoms with Crippen molar-refractivity contribution in [1.29, 1.82) is 0 Å². The minimum Gasteiger partial charge on any atom is -0.390 e. The standard InChI is InChI=1S/C25H33F2N3O2/c1-16(31)29-24(12-18-9-20(26)13-21(27)10-18)25(32)14-28-23-6-4-5-19-8-7-17(11-22(19)23)15-30(2)3/h7-11,13,23-25,28,32H,4-6,12,14-15H2,1-3H3,(H,29,31). The molecule has 3 rings (SSSR count). The monoisotopic (exact) mass is 445 g/mol. The maximum Gasteiger partial charge on any atom is 0.217 e. The topological polar surface area (TPSA) is 64.6 Å². The number of amides is 1. The number of aryl methyl sites for hydroxylation is 1. The molecule has 1 amide bonds. The number of carbonyl (C=O) groups excluding carboxylic acids is 1. The Morgan fingerprint density at radius 2 is 1.88 bits per heavy atom. The number of nitrogens with zero attached hydrogens (tertiary/aromatic N) is 1. The lowest BCUT2D eigenvalue weighted by molar-refractivity contribution is -0.120. The average Bonchev–Trinajstić information content (AvgIpc) is 2.70. The van der Waals surface area contributed by atoms with Crippen molar-refractivity contribution in [3.05, 3.63) is 70.3 Å². The Kier molecular flexibility index (Phi) is 8.34. The Morgan fingerprint density at radius 3 is 2.53 bits per heavy atom. The molecule has 0 aliphatic heterocycles. The van der Waals surface area contributed by atoms with Crippen molar-refractivity contribution in [1.82, 2.24) is 15.5 Å². The highest BCUT2D eigenvalue weighted by Crippen LogP contribution is 2.31. The first-order chi connectivity index (χ1) is 15.2. The van der Waals surface area contributed by atoms with Crippen molar-refractivity contribution in [3.63, 3.8) is 0 Å². The number of nitrogens with one attached hydrogen (secondary N) is 2. The Balaban J connectivity index is 1.69. The van der Waals surface area contributed by atoms with Gasteiger partial charge in [0, 0.05) is 32.1 Å². The van der Waals surface area contributed by atoms with E-state index in [4.69, 9.17) is 0 Å². The van der Waals surface area contributed by atoms with E-state index < -0.39 is 23.8 Å². The van der Waals surface area contributed by atoms with Crippen molar-refractivity contribution in [2.24, 2.45) is 0 Å². The van der Waals surface area contributed by atoms with E-state index in [9.17, 15) is 18.7 Å². The summed E-state index contributed by atoms with van der Waals surface area (Å²) in [6.45, 7) is 2.48. The summed E-state index contributed by atoms with van der Waals surface area (Å²) in [4.78, 5) is 13.8. The molecule has 0 saturated heterocycles. The zero-order chi connectivity index (χ0) is 23.3. The van der Waals surface area contributed by atoms with Crippen LogP contribution in [0.5, 0.6) is 0 Å². The molecule has 174 valence electrons. The summed E-state index contributed by atoms with van der Waals surface area (Å²) >= 11 is 0. The average molecular weight is 446 g/mol. The second-order valence-electron chi connectivity index (χ2n) is 8.98. The van der Waals surface area contributed by atoms with Crippen molar-refractivity contribution in [3.8, 4) is 0 Å². The molecule has 1 aliphatic rings. The molecule has 7 heteroatoms. The minimum absolute atomic E-state index is 0.111. The summed E-state index contributed by atoms with van der Waals surface area (Å²) in [5, 5.41) is 17.0. The lowest BCUT2D eigenvalue weighted by atomic mass is 9.86. The zero-order valence-electron chi connectivity index (χ0n) is 19.0. The summed E-state index contributed by atoms with van der Waals surface area (Å²) in [5.41, 5.74) is 4.20. The molecule has 3 unspecified atom stereocenters. The third kappa shape index (κ3) is 6.82. The van der Waals surface area contributed by atoms with Crippen LogP contribution < -0.4 is 10.6 Å². The van der Waals surface area contributed by atoms with Gasteiger partial charge in [-0.1, -0.05) is 18.2 Å². The van der Waals surface area contributed by atoms with Crippen molar-refractivity contribution < 1.29 is 18.7 Å². The fourth-order valence-corrected chi connectivity index (χ4v) is 4.46. The first kappa shape index (κ1) is 24.3. The van der Waals surface area contributed by atoms with Gasteiger partial charge in [0.05, 0.1) is 12.1 Å². The molecule has 3 N–H and O–H groups in total. The number of rotatable bonds is 9. The van der Waals surface area contributed by atoms with Gasteiger partial charge in [-0.25, -0.2) is 8.78 Å². The van der Waals surface area contributed by atoms with E-state index in [0.29, 0.717) is 5.56 Å². The highest BCUT2D eigenvalue weighted by atomic mass is 19.1. The lowest BCUT2D eigenvalue weighted by Crippen LogP contribution is -2.48. The maximum absolute atomic E-state index is 13.6. The van der Waals surface area contributed by atoms with E-state index in [1.54, 1.807) is 0 Å². The van der Waals surface area contributed by atoms with Gasteiger partial charge in [0.15, 0.2) is 0 Å². The van der Waals surface area contributed by atoms with Crippen LogP contribution in [0.1, 0.15) is 48.1 Å². The Hall–Kier alpha value is -2.35. The number of hydrogen-bond donors (Lipinski definition) is 3. The second kappa shape index (κ2) is 11.0. The number of hydrogen-bond acceptors (Lipinski definition) is 4. The van der Waals surface area contributed by atoms with Crippen molar-refractivity contribution in [2.45, 2.75) is 57.3 Å². The van der Waals surface area contributed by atoms with Crippen LogP contribution in [0.4, 0.5) is 8.78 Å². The van der Waals surface area contributed by atoms with Gasteiger partial charge in [-0.15, -0.1) is 0 Å². The molecule has 0 fully saturated rings. The van der Waals surface area contributed by atoms with E-state index in [1.807, 2.05) is 14.1 Å². The largest absolute Gasteiger partial charge is 0.390 e. The molecule has 1 aliphatic carbocycles. The molecule has 0 heterocycles. The molecular formula is C25H33F2N3O2. The fourth-order valence-electron chi connectivity index (χ4n) is 4.46. The van der Waals surface area contributed by atoms with Gasteiger partial charge in [-0.3, -0.25) is 4.79 Å². The first-order valence-electron chi connectivity index (χ1n) is 11.1. The molecule has 2 aromatic carbocycles. The molecule has 0 aromatic heterocycles. The smallest absolute Gasteiger partial charge is 0.217 e. The summed E-state index contributed by atoms with van der Waals surface area (Å²) in [7, 11) is 4.08. The summed E-state index contributed by atoms with van der Waals surface area (Å²) < 4.78 is 27.2.